The van der Waals surface area contributed by atoms with Crippen LogP contribution in [0.25, 0.3) is 22.2 Å². The van der Waals surface area contributed by atoms with Gasteiger partial charge in [0.25, 0.3) is 5.91 Å². The van der Waals surface area contributed by atoms with Crippen molar-refractivity contribution in [3.8, 4) is 11.3 Å². The van der Waals surface area contributed by atoms with E-state index in [1.54, 1.807) is 18.2 Å². The molecular weight excluding hydrogens is 321 g/mol. The van der Waals surface area contributed by atoms with Crippen LogP contribution < -0.4 is 5.32 Å². The molecule has 3 aromatic rings. The van der Waals surface area contributed by atoms with E-state index in [-0.39, 0.29) is 11.7 Å². The SMILES string of the molecule is CCOCCNC(=O)c1cc2c(-c3cccc(F)c3)n[nH]c2cc1C. The highest BCUT2D eigenvalue weighted by atomic mass is 19.1. The van der Waals surface area contributed by atoms with E-state index in [0.717, 1.165) is 16.5 Å². The van der Waals surface area contributed by atoms with Gasteiger partial charge < -0.3 is 10.1 Å². The Labute approximate surface area is 145 Å². The van der Waals surface area contributed by atoms with Crippen molar-refractivity contribution in [1.29, 1.82) is 0 Å². The van der Waals surface area contributed by atoms with E-state index in [1.165, 1.54) is 12.1 Å². The van der Waals surface area contributed by atoms with Crippen molar-refractivity contribution < 1.29 is 13.9 Å². The van der Waals surface area contributed by atoms with E-state index in [9.17, 15) is 9.18 Å². The zero-order chi connectivity index (χ0) is 17.8. The van der Waals surface area contributed by atoms with E-state index in [0.29, 0.717) is 36.6 Å². The molecule has 0 radical (unpaired) electrons. The van der Waals surface area contributed by atoms with Crippen LogP contribution in [0.15, 0.2) is 36.4 Å². The highest BCUT2D eigenvalue weighted by molar-refractivity contribution is 6.02. The Kier molecular flexibility index (Phi) is 5.09. The molecule has 0 unspecified atom stereocenters. The number of halogens is 1. The number of nitrogens with one attached hydrogen (secondary N) is 2. The Morgan fingerprint density at radius 2 is 2.16 bits per heavy atom. The number of aryl methyl sites for hydroxylation is 1. The van der Waals surface area contributed by atoms with Gasteiger partial charge in [0.1, 0.15) is 11.5 Å². The molecule has 2 N–H and O–H groups in total. The van der Waals surface area contributed by atoms with Gasteiger partial charge in [-0.25, -0.2) is 4.39 Å². The molecule has 3 rings (SSSR count). The van der Waals surface area contributed by atoms with Crippen molar-refractivity contribution in [2.45, 2.75) is 13.8 Å². The second kappa shape index (κ2) is 7.44. The fourth-order valence-electron chi connectivity index (χ4n) is 2.75. The third-order valence-corrected chi connectivity index (χ3v) is 3.99. The summed E-state index contributed by atoms with van der Waals surface area (Å²) in [6, 6.07) is 9.92. The number of hydrogen-bond acceptors (Lipinski definition) is 3. The fraction of sp³-hybridized carbons (Fsp3) is 0.263. The van der Waals surface area contributed by atoms with Crippen molar-refractivity contribution in [2.24, 2.45) is 0 Å². The maximum absolute atomic E-state index is 13.5. The van der Waals surface area contributed by atoms with E-state index >= 15 is 0 Å². The van der Waals surface area contributed by atoms with Gasteiger partial charge in [-0.15, -0.1) is 0 Å². The van der Waals surface area contributed by atoms with Gasteiger partial charge >= 0.3 is 0 Å². The molecular formula is C19H20FN3O2. The number of rotatable bonds is 6. The quantitative estimate of drug-likeness (QED) is 0.675. The molecule has 5 nitrogen and oxygen atoms in total. The molecule has 0 aliphatic heterocycles. The third-order valence-electron chi connectivity index (χ3n) is 3.99. The largest absolute Gasteiger partial charge is 0.380 e. The molecule has 0 fully saturated rings. The summed E-state index contributed by atoms with van der Waals surface area (Å²) in [5.41, 5.74) is 3.51. The second-order valence-electron chi connectivity index (χ2n) is 5.75. The minimum atomic E-state index is -0.324. The monoisotopic (exact) mass is 341 g/mol. The van der Waals surface area contributed by atoms with Crippen molar-refractivity contribution in [2.75, 3.05) is 19.8 Å². The molecule has 0 aliphatic rings. The fourth-order valence-corrected chi connectivity index (χ4v) is 2.75. The standard InChI is InChI=1S/C19H20FN3O2/c1-3-25-8-7-21-19(24)15-11-16-17(9-12(15)2)22-23-18(16)13-5-4-6-14(20)10-13/h4-6,9-11H,3,7-8H2,1-2H3,(H,21,24)(H,22,23). The average Bonchev–Trinajstić information content (AvgIpc) is 3.00. The minimum Gasteiger partial charge on any atom is -0.380 e. The number of nitrogens with zero attached hydrogens (tertiary/aromatic N) is 1. The first-order valence-corrected chi connectivity index (χ1v) is 8.20. The Balaban J connectivity index is 1.94. The number of benzene rings is 2. The molecule has 6 heteroatoms. The van der Waals surface area contributed by atoms with Crippen LogP contribution >= 0.6 is 0 Å². The van der Waals surface area contributed by atoms with Crippen LogP contribution in [0.2, 0.25) is 0 Å². The summed E-state index contributed by atoms with van der Waals surface area (Å²) < 4.78 is 18.7. The minimum absolute atomic E-state index is 0.162. The van der Waals surface area contributed by atoms with Gasteiger partial charge in [0.05, 0.1) is 12.1 Å². The number of amides is 1. The molecule has 0 aliphatic carbocycles. The van der Waals surface area contributed by atoms with Gasteiger partial charge in [-0.3, -0.25) is 9.89 Å². The van der Waals surface area contributed by atoms with Gasteiger partial charge in [-0.05, 0) is 43.7 Å². The number of H-pyrrole nitrogens is 1. The van der Waals surface area contributed by atoms with Crippen LogP contribution in [-0.4, -0.2) is 35.9 Å². The topological polar surface area (TPSA) is 67.0 Å². The van der Waals surface area contributed by atoms with E-state index in [1.807, 2.05) is 19.9 Å². The van der Waals surface area contributed by atoms with E-state index < -0.39 is 0 Å². The van der Waals surface area contributed by atoms with Gasteiger partial charge in [0, 0.05) is 29.7 Å². The maximum atomic E-state index is 13.5. The first-order valence-electron chi connectivity index (χ1n) is 8.20. The van der Waals surface area contributed by atoms with Crippen molar-refractivity contribution in [3.63, 3.8) is 0 Å². The summed E-state index contributed by atoms with van der Waals surface area (Å²) in [5, 5.41) is 10.9. The molecule has 0 saturated heterocycles. The van der Waals surface area contributed by atoms with Gasteiger partial charge in [0.2, 0.25) is 0 Å². The Bertz CT molecular complexity index is 905. The smallest absolute Gasteiger partial charge is 0.251 e. The molecule has 25 heavy (non-hydrogen) atoms. The molecule has 0 saturated carbocycles. The predicted octanol–water partition coefficient (Wildman–Crippen LogP) is 3.44. The van der Waals surface area contributed by atoms with Crippen molar-refractivity contribution in [3.05, 3.63) is 53.3 Å². The number of aromatic amines is 1. The summed E-state index contributed by atoms with van der Waals surface area (Å²) in [4.78, 5) is 12.4. The Morgan fingerprint density at radius 3 is 2.92 bits per heavy atom. The summed E-state index contributed by atoms with van der Waals surface area (Å²) in [7, 11) is 0. The summed E-state index contributed by atoms with van der Waals surface area (Å²) in [6.07, 6.45) is 0. The first-order chi connectivity index (χ1) is 12.1. The molecule has 1 amide bonds. The maximum Gasteiger partial charge on any atom is 0.251 e. The lowest BCUT2D eigenvalue weighted by Gasteiger charge is -2.08. The summed E-state index contributed by atoms with van der Waals surface area (Å²) in [5.74, 6) is -0.486. The zero-order valence-corrected chi connectivity index (χ0v) is 14.2. The number of aromatic nitrogens is 2. The molecule has 2 aromatic carbocycles. The van der Waals surface area contributed by atoms with Crippen LogP contribution in [0.1, 0.15) is 22.8 Å². The molecule has 0 spiro atoms. The number of hydrogen-bond donors (Lipinski definition) is 2. The summed E-state index contributed by atoms with van der Waals surface area (Å²) >= 11 is 0. The van der Waals surface area contributed by atoms with E-state index in [4.69, 9.17) is 4.74 Å². The van der Waals surface area contributed by atoms with E-state index in [2.05, 4.69) is 15.5 Å². The van der Waals surface area contributed by atoms with Crippen LogP contribution in [0.4, 0.5) is 4.39 Å². The van der Waals surface area contributed by atoms with Crippen molar-refractivity contribution in [1.82, 2.24) is 15.5 Å². The predicted molar refractivity (Wildman–Crippen MR) is 95.1 cm³/mol. The van der Waals surface area contributed by atoms with Crippen LogP contribution in [0.5, 0.6) is 0 Å². The highest BCUT2D eigenvalue weighted by Crippen LogP contribution is 2.28. The average molecular weight is 341 g/mol. The normalized spacial score (nSPS) is 11.0. The number of ether oxygens (including phenoxy) is 1. The summed E-state index contributed by atoms with van der Waals surface area (Å²) in [6.45, 7) is 5.33. The second-order valence-corrected chi connectivity index (χ2v) is 5.75. The Morgan fingerprint density at radius 1 is 1.32 bits per heavy atom. The van der Waals surface area contributed by atoms with Crippen LogP contribution in [-0.2, 0) is 4.74 Å². The number of fused-ring (bicyclic) bond motifs is 1. The van der Waals surface area contributed by atoms with Gasteiger partial charge in [0.15, 0.2) is 0 Å². The lowest BCUT2D eigenvalue weighted by molar-refractivity contribution is 0.0922. The molecule has 130 valence electrons. The highest BCUT2D eigenvalue weighted by Gasteiger charge is 2.15. The molecule has 1 heterocycles. The van der Waals surface area contributed by atoms with Gasteiger partial charge in [-0.2, -0.15) is 5.10 Å². The molecule has 0 bridgehead atoms. The number of carbonyl (C=O) groups is 1. The lowest BCUT2D eigenvalue weighted by Crippen LogP contribution is -2.27. The number of carbonyl (C=O) groups excluding carboxylic acids is 1. The first kappa shape index (κ1) is 17.1. The van der Waals surface area contributed by atoms with Crippen LogP contribution in [0.3, 0.4) is 0 Å². The third kappa shape index (κ3) is 3.69. The Hall–Kier alpha value is -2.73. The molecule has 1 aromatic heterocycles. The lowest BCUT2D eigenvalue weighted by atomic mass is 10.0. The van der Waals surface area contributed by atoms with Crippen LogP contribution in [0, 0.1) is 12.7 Å². The zero-order valence-electron chi connectivity index (χ0n) is 14.2. The van der Waals surface area contributed by atoms with Gasteiger partial charge in [-0.1, -0.05) is 12.1 Å². The molecule has 0 atom stereocenters. The van der Waals surface area contributed by atoms with Crippen molar-refractivity contribution >= 4 is 16.8 Å².